The van der Waals surface area contributed by atoms with Crippen LogP contribution >= 0.6 is 24.0 Å². The van der Waals surface area contributed by atoms with Crippen molar-refractivity contribution in [2.75, 3.05) is 50.8 Å². The summed E-state index contributed by atoms with van der Waals surface area (Å²) in [4.78, 5) is 10.1. The molecule has 2 aromatic rings. The number of nitrogens with zero attached hydrogens (tertiary/aromatic N) is 2. The topological polar surface area (TPSA) is 89.6 Å². The van der Waals surface area contributed by atoms with Gasteiger partial charge in [-0.2, -0.15) is 0 Å². The van der Waals surface area contributed by atoms with E-state index < -0.39 is 9.84 Å². The number of halogens is 1. The maximum atomic E-state index is 11.5. The third kappa shape index (κ3) is 6.63. The maximum Gasteiger partial charge on any atom is 0.191 e. The second-order valence-electron chi connectivity index (χ2n) is 6.79. The number of fused-ring (bicyclic) bond motifs is 1. The van der Waals surface area contributed by atoms with Crippen LogP contribution < -0.4 is 10.6 Å². The minimum Gasteiger partial charge on any atom is -0.361 e. The van der Waals surface area contributed by atoms with Crippen molar-refractivity contribution in [3.63, 3.8) is 0 Å². The highest BCUT2D eigenvalue weighted by atomic mass is 127. The summed E-state index contributed by atoms with van der Waals surface area (Å²) in [5, 5.41) is 7.92. The molecule has 0 aliphatic carbocycles. The Morgan fingerprint density at radius 3 is 2.71 bits per heavy atom. The van der Waals surface area contributed by atoms with Gasteiger partial charge in [0.15, 0.2) is 15.8 Å². The Kier molecular flexibility index (Phi) is 9.03. The Balaban J connectivity index is 0.00000280. The second-order valence-corrected chi connectivity index (χ2v) is 9.09. The molecule has 0 radical (unpaired) electrons. The van der Waals surface area contributed by atoms with Crippen LogP contribution in [0.2, 0.25) is 0 Å². The number of hydrogen-bond acceptors (Lipinski definition) is 4. The van der Waals surface area contributed by atoms with E-state index in [4.69, 9.17) is 0 Å². The molecule has 1 saturated heterocycles. The summed E-state index contributed by atoms with van der Waals surface area (Å²) in [6.07, 6.45) is 2.99. The molecule has 3 rings (SSSR count). The molecule has 3 N–H and O–H groups in total. The van der Waals surface area contributed by atoms with E-state index in [1.807, 2.05) is 13.0 Å². The molecule has 1 aliphatic rings. The fourth-order valence-corrected chi connectivity index (χ4v) is 4.55. The zero-order valence-corrected chi connectivity index (χ0v) is 19.4. The van der Waals surface area contributed by atoms with Gasteiger partial charge in [0, 0.05) is 49.8 Å². The van der Waals surface area contributed by atoms with E-state index in [9.17, 15) is 8.42 Å². The molecule has 0 amide bonds. The van der Waals surface area contributed by atoms with E-state index >= 15 is 0 Å². The van der Waals surface area contributed by atoms with Gasteiger partial charge in [-0.3, -0.25) is 9.89 Å². The normalized spacial score (nSPS) is 17.2. The molecule has 0 saturated carbocycles. The molecule has 2 heterocycles. The number of H-pyrrole nitrogens is 1. The van der Waals surface area contributed by atoms with E-state index in [1.54, 1.807) is 0 Å². The minimum atomic E-state index is -2.82. The van der Waals surface area contributed by atoms with Gasteiger partial charge in [0.2, 0.25) is 0 Å². The third-order valence-corrected chi connectivity index (χ3v) is 6.44. The summed E-state index contributed by atoms with van der Waals surface area (Å²) in [5.41, 5.74) is 2.46. The first-order chi connectivity index (χ1) is 13.1. The van der Waals surface area contributed by atoms with Gasteiger partial charge in [-0.25, -0.2) is 8.42 Å². The molecule has 1 aromatic carbocycles. The highest BCUT2D eigenvalue weighted by molar-refractivity contribution is 14.0. The molecule has 0 atom stereocenters. The predicted molar refractivity (Wildman–Crippen MR) is 126 cm³/mol. The van der Waals surface area contributed by atoms with Crippen molar-refractivity contribution in [3.05, 3.63) is 36.0 Å². The van der Waals surface area contributed by atoms with Crippen LogP contribution in [0.3, 0.4) is 0 Å². The lowest BCUT2D eigenvalue weighted by Gasteiger charge is -2.25. The van der Waals surface area contributed by atoms with Crippen LogP contribution in [0.5, 0.6) is 0 Å². The summed E-state index contributed by atoms with van der Waals surface area (Å²) in [7, 11) is -2.82. The van der Waals surface area contributed by atoms with E-state index in [0.717, 1.165) is 37.5 Å². The lowest BCUT2D eigenvalue weighted by Crippen LogP contribution is -2.42. The number of para-hydroxylation sites is 1. The quantitative estimate of drug-likeness (QED) is 0.294. The molecule has 1 fully saturated rings. The van der Waals surface area contributed by atoms with Crippen LogP contribution in [0, 0.1) is 0 Å². The number of aromatic nitrogens is 1. The lowest BCUT2D eigenvalue weighted by atomic mass is 10.1. The largest absolute Gasteiger partial charge is 0.361 e. The SMILES string of the molecule is CCNC(=NCCN1CCS(=O)(=O)CC1)NCCc1c[nH]c2ccccc12.I. The fourth-order valence-electron chi connectivity index (χ4n) is 3.27. The lowest BCUT2D eigenvalue weighted by molar-refractivity contribution is 0.304. The van der Waals surface area contributed by atoms with Crippen LogP contribution in [0.1, 0.15) is 12.5 Å². The summed E-state index contributed by atoms with van der Waals surface area (Å²) in [6, 6.07) is 8.32. The Bertz CT molecular complexity index is 867. The first-order valence-electron chi connectivity index (χ1n) is 9.57. The molecule has 156 valence electrons. The number of aromatic amines is 1. The van der Waals surface area contributed by atoms with E-state index in [0.29, 0.717) is 19.6 Å². The first kappa shape index (κ1) is 23.0. The number of aliphatic imine (C=N–C) groups is 1. The molecule has 9 heteroatoms. The van der Waals surface area contributed by atoms with E-state index in [-0.39, 0.29) is 35.5 Å². The Morgan fingerprint density at radius 1 is 1.21 bits per heavy atom. The highest BCUT2D eigenvalue weighted by Crippen LogP contribution is 2.17. The van der Waals surface area contributed by atoms with Crippen molar-refractivity contribution in [2.24, 2.45) is 4.99 Å². The number of guanidine groups is 1. The van der Waals surface area contributed by atoms with Crippen molar-refractivity contribution in [1.82, 2.24) is 20.5 Å². The van der Waals surface area contributed by atoms with Gasteiger partial charge in [0.1, 0.15) is 0 Å². The van der Waals surface area contributed by atoms with Gasteiger partial charge in [-0.1, -0.05) is 18.2 Å². The molecule has 7 nitrogen and oxygen atoms in total. The maximum absolute atomic E-state index is 11.5. The van der Waals surface area contributed by atoms with Gasteiger partial charge in [0.05, 0.1) is 18.1 Å². The second kappa shape index (κ2) is 11.0. The summed E-state index contributed by atoms with van der Waals surface area (Å²) >= 11 is 0. The average molecular weight is 519 g/mol. The van der Waals surface area contributed by atoms with Gasteiger partial charge in [-0.15, -0.1) is 24.0 Å². The van der Waals surface area contributed by atoms with Crippen molar-refractivity contribution in [2.45, 2.75) is 13.3 Å². The predicted octanol–water partition coefficient (Wildman–Crippen LogP) is 1.61. The Morgan fingerprint density at radius 2 is 1.96 bits per heavy atom. The molecule has 0 spiro atoms. The average Bonchev–Trinajstić information content (AvgIpc) is 3.06. The standard InChI is InChI=1S/C19H29N5O2S.HI/c1-2-20-19(22-9-10-24-11-13-27(25,26)14-12-24)21-8-7-16-15-23-18-6-4-3-5-17(16)18;/h3-6,15,23H,2,7-14H2,1H3,(H2,20,21,22);1H. The van der Waals surface area contributed by atoms with Gasteiger partial charge in [-0.05, 0) is 25.0 Å². The number of sulfone groups is 1. The zero-order chi connectivity index (χ0) is 19.1. The van der Waals surface area contributed by atoms with Crippen LogP contribution in [0.4, 0.5) is 0 Å². The first-order valence-corrected chi connectivity index (χ1v) is 11.4. The highest BCUT2D eigenvalue weighted by Gasteiger charge is 2.20. The minimum absolute atomic E-state index is 0. The number of benzene rings is 1. The molecular weight excluding hydrogens is 489 g/mol. The third-order valence-electron chi connectivity index (χ3n) is 4.83. The van der Waals surface area contributed by atoms with Gasteiger partial charge in [0.25, 0.3) is 0 Å². The van der Waals surface area contributed by atoms with Gasteiger partial charge >= 0.3 is 0 Å². The van der Waals surface area contributed by atoms with Crippen LogP contribution in [-0.4, -0.2) is 75.0 Å². The molecular formula is C19H30IN5O2S. The molecule has 1 aromatic heterocycles. The van der Waals surface area contributed by atoms with Crippen LogP contribution in [-0.2, 0) is 16.3 Å². The smallest absolute Gasteiger partial charge is 0.191 e. The number of rotatable bonds is 7. The number of hydrogen-bond donors (Lipinski definition) is 3. The van der Waals surface area contributed by atoms with E-state index in [1.165, 1.54) is 10.9 Å². The van der Waals surface area contributed by atoms with Crippen molar-refractivity contribution < 1.29 is 8.42 Å². The number of nitrogens with one attached hydrogen (secondary N) is 3. The van der Waals surface area contributed by atoms with Crippen molar-refractivity contribution >= 4 is 50.7 Å². The zero-order valence-electron chi connectivity index (χ0n) is 16.3. The van der Waals surface area contributed by atoms with E-state index in [2.05, 4.69) is 49.9 Å². The summed E-state index contributed by atoms with van der Waals surface area (Å²) < 4.78 is 23.0. The van der Waals surface area contributed by atoms with Crippen molar-refractivity contribution in [1.29, 1.82) is 0 Å². The summed E-state index contributed by atoms with van der Waals surface area (Å²) in [6.45, 7) is 6.32. The monoisotopic (exact) mass is 519 g/mol. The molecule has 0 bridgehead atoms. The molecule has 0 unspecified atom stereocenters. The molecule has 28 heavy (non-hydrogen) atoms. The Labute approximate surface area is 184 Å². The Hall–Kier alpha value is -1.33. The van der Waals surface area contributed by atoms with Crippen LogP contribution in [0.15, 0.2) is 35.5 Å². The van der Waals surface area contributed by atoms with Crippen molar-refractivity contribution in [3.8, 4) is 0 Å². The van der Waals surface area contributed by atoms with Crippen LogP contribution in [0.25, 0.3) is 10.9 Å². The molecule has 1 aliphatic heterocycles. The summed E-state index contributed by atoms with van der Waals surface area (Å²) in [5.74, 6) is 1.33. The fraction of sp³-hybridized carbons (Fsp3) is 0.526. The van der Waals surface area contributed by atoms with Gasteiger partial charge < -0.3 is 15.6 Å².